The van der Waals surface area contributed by atoms with Crippen LogP contribution in [-0.4, -0.2) is 143 Å². The first-order chi connectivity index (χ1) is 41.9. The van der Waals surface area contributed by atoms with Crippen LogP contribution in [0.1, 0.15) is 91.9 Å². The van der Waals surface area contributed by atoms with Crippen LogP contribution in [0.5, 0.6) is 0 Å². The molecule has 87 heavy (non-hydrogen) atoms. The van der Waals surface area contributed by atoms with Crippen LogP contribution >= 0.6 is 23.5 Å². The number of esters is 2. The largest absolute Gasteiger partial charge is 0.452 e. The molecule has 4 atom stereocenters. The van der Waals surface area contributed by atoms with Gasteiger partial charge in [0.15, 0.2) is 12.2 Å². The number of hydrogen-bond donors (Lipinski definition) is 4. The maximum atomic E-state index is 14.8. The minimum atomic E-state index is -1.66. The highest BCUT2D eigenvalue weighted by Crippen LogP contribution is 2.43. The third-order valence-corrected chi connectivity index (χ3v) is 16.3. The van der Waals surface area contributed by atoms with Crippen molar-refractivity contribution in [1.29, 1.82) is 0 Å². The van der Waals surface area contributed by atoms with Gasteiger partial charge in [-0.2, -0.15) is 0 Å². The SMILES string of the molecule is CCN1CCN(C(=O)N[C@H](C(=O)N[C@@H]2C(=O)N3C(C(=O)OC(c4ccccc4)c4ccccc4)=C(CSc4nnnn4C)CS[C@H]23)c2ccc(C(NC(=O)OCCC(=O)OC(c3ccccc3)c3ccccc3)NC(=O)OC(C)(C)C)cc2)C(=O)C1=O. The Bertz CT molecular complexity index is 3440. The Hall–Kier alpha value is -9.56. The third kappa shape index (κ3) is 15.3. The van der Waals surface area contributed by atoms with Gasteiger partial charge >= 0.3 is 42.0 Å². The number of likely N-dealkylation sites (N-methyl/N-ethyl adjacent to an activating group) is 1. The molecule has 0 radical (unpaired) electrons. The number of aryl methyl sites for hydroxylation is 1. The van der Waals surface area contributed by atoms with Gasteiger partial charge in [-0.1, -0.05) is 157 Å². The van der Waals surface area contributed by atoms with Crippen molar-refractivity contribution in [3.05, 3.63) is 190 Å². The van der Waals surface area contributed by atoms with Crippen LogP contribution in [0.4, 0.5) is 14.4 Å². The van der Waals surface area contributed by atoms with Gasteiger partial charge in [0, 0.05) is 38.2 Å². The van der Waals surface area contributed by atoms with Crippen LogP contribution in [-0.2, 0) is 54.8 Å². The van der Waals surface area contributed by atoms with Crippen molar-refractivity contribution in [2.75, 3.05) is 37.7 Å². The van der Waals surface area contributed by atoms with Gasteiger partial charge in [-0.15, -0.1) is 16.9 Å². The van der Waals surface area contributed by atoms with Crippen LogP contribution in [0.25, 0.3) is 0 Å². The second-order valence-corrected chi connectivity index (χ2v) is 23.1. The number of fused-ring (bicyclic) bond motifs is 1. The molecule has 2 fully saturated rings. The first-order valence-electron chi connectivity index (χ1n) is 27.7. The monoisotopic (exact) mass is 1220 g/mol. The minimum Gasteiger partial charge on any atom is -0.452 e. The standard InChI is InChI=1S/C61H63N11O13S2/c1-6-70-32-33-71(54(77)53(70)76)57(79)63-45(37-27-29-42(30-28-37)50(65-60(81)85-61(2,3)4)64-59(80)82-34-31-44(73)83-48(38-19-11-7-12-20-38)39-21-13-8-14-22-39)51(74)62-46-52(75)72-47(43(35-86-55(46)72)36-87-58-66-67-68-69(58)5)56(78)84-49(40-23-15-9-16-24-40)41-25-17-10-18-26-41/h7-30,45-46,48-50,55H,6,31-36H2,1-5H3,(H,62,74)(H,63,79)(H,64,80)(H,65,81)/t45-,46+,50?,55+/m0/s1. The average Bonchev–Trinajstić information content (AvgIpc) is 0.925. The third-order valence-electron chi connectivity index (χ3n) is 13.9. The van der Waals surface area contributed by atoms with Crippen LogP contribution in [0.2, 0.25) is 0 Å². The number of imide groups is 1. The van der Waals surface area contributed by atoms with Crippen molar-refractivity contribution in [3.8, 4) is 0 Å². The molecule has 9 rings (SSSR count). The van der Waals surface area contributed by atoms with Gasteiger partial charge in [0.2, 0.25) is 11.1 Å². The van der Waals surface area contributed by atoms with E-state index >= 15 is 0 Å². The zero-order valence-corrected chi connectivity index (χ0v) is 49.7. The second kappa shape index (κ2) is 28.1. The summed E-state index contributed by atoms with van der Waals surface area (Å²) in [7, 11) is 1.67. The molecule has 0 bridgehead atoms. The predicted molar refractivity (Wildman–Crippen MR) is 316 cm³/mol. The van der Waals surface area contributed by atoms with E-state index < -0.39 is 102 Å². The molecule has 1 aromatic heterocycles. The number of piperazine rings is 1. The number of benzene rings is 5. The normalized spacial score (nSPS) is 16.5. The zero-order valence-electron chi connectivity index (χ0n) is 48.0. The summed E-state index contributed by atoms with van der Waals surface area (Å²) in [4.78, 5) is 128. The van der Waals surface area contributed by atoms with Gasteiger partial charge in [0.25, 0.3) is 5.91 Å². The zero-order chi connectivity index (χ0) is 61.8. The molecule has 8 amide bonds. The summed E-state index contributed by atoms with van der Waals surface area (Å²) in [6.07, 6.45) is -5.28. The summed E-state index contributed by atoms with van der Waals surface area (Å²) in [5.41, 5.74) is 2.67. The molecular weight excluding hydrogens is 1160 g/mol. The van der Waals surface area contributed by atoms with E-state index in [1.165, 1.54) is 62.3 Å². The van der Waals surface area contributed by atoms with E-state index in [4.69, 9.17) is 18.9 Å². The Balaban J connectivity index is 0.946. The summed E-state index contributed by atoms with van der Waals surface area (Å²) < 4.78 is 24.5. The van der Waals surface area contributed by atoms with Crippen LogP contribution < -0.4 is 21.3 Å². The van der Waals surface area contributed by atoms with Crippen LogP contribution in [0, 0.1) is 0 Å². The Morgan fingerprint density at radius 2 is 1.24 bits per heavy atom. The van der Waals surface area contributed by atoms with Crippen molar-refractivity contribution in [1.82, 2.24) is 56.2 Å². The Morgan fingerprint density at radius 3 is 1.78 bits per heavy atom. The summed E-state index contributed by atoms with van der Waals surface area (Å²) >= 11 is 2.53. The van der Waals surface area contributed by atoms with E-state index in [-0.39, 0.29) is 54.4 Å². The minimum absolute atomic E-state index is 0.0195. The molecule has 3 aliphatic rings. The van der Waals surface area contributed by atoms with E-state index in [1.54, 1.807) is 34.7 Å². The number of rotatable bonds is 21. The molecular formula is C61H63N11O13S2. The fourth-order valence-electron chi connectivity index (χ4n) is 9.60. The van der Waals surface area contributed by atoms with Gasteiger partial charge < -0.3 is 34.5 Å². The molecule has 452 valence electrons. The van der Waals surface area contributed by atoms with Crippen LogP contribution in [0.15, 0.2) is 162 Å². The van der Waals surface area contributed by atoms with E-state index in [0.717, 1.165) is 11.1 Å². The fraction of sp³-hybridized carbons (Fsp3) is 0.311. The number of β-lactam (4-membered cyclic amide) rings is 1. The lowest BCUT2D eigenvalue weighted by Gasteiger charge is -2.50. The second-order valence-electron chi connectivity index (χ2n) is 21.0. The molecule has 0 saturated carbocycles. The number of aromatic nitrogens is 4. The molecule has 0 aliphatic carbocycles. The van der Waals surface area contributed by atoms with Crippen molar-refractivity contribution >= 4 is 77.3 Å². The molecule has 3 aliphatic heterocycles. The molecule has 1 unspecified atom stereocenters. The topological polar surface area (TPSA) is 292 Å². The lowest BCUT2D eigenvalue weighted by molar-refractivity contribution is -0.155. The Morgan fingerprint density at radius 1 is 0.690 bits per heavy atom. The molecule has 6 aromatic rings. The number of carbonyl (C=O) groups is 9. The first-order valence-corrected chi connectivity index (χ1v) is 29.8. The van der Waals surface area contributed by atoms with Crippen molar-refractivity contribution < 1.29 is 62.1 Å². The van der Waals surface area contributed by atoms with Gasteiger partial charge in [-0.3, -0.25) is 44.4 Å². The fourth-order valence-corrected chi connectivity index (χ4v) is 11.9. The van der Waals surface area contributed by atoms with Gasteiger partial charge in [-0.25, -0.2) is 23.9 Å². The summed E-state index contributed by atoms with van der Waals surface area (Å²) in [5, 5.41) is 21.8. The molecule has 5 aromatic carbocycles. The van der Waals surface area contributed by atoms with Gasteiger partial charge in [0.05, 0.1) is 6.42 Å². The lowest BCUT2D eigenvalue weighted by atomic mass is 9.99. The van der Waals surface area contributed by atoms with Gasteiger partial charge in [0.1, 0.15) is 41.5 Å². The van der Waals surface area contributed by atoms with E-state index in [9.17, 15) is 43.2 Å². The van der Waals surface area contributed by atoms with Gasteiger partial charge in [-0.05, 0) is 77.1 Å². The summed E-state index contributed by atoms with van der Waals surface area (Å²) in [5.74, 6) is -4.68. The molecule has 26 heteroatoms. The Kier molecular flexibility index (Phi) is 20.0. The number of ether oxygens (including phenoxy) is 4. The number of alkyl carbamates (subject to hydrolysis) is 2. The molecule has 4 N–H and O–H groups in total. The highest BCUT2D eigenvalue weighted by molar-refractivity contribution is 8.01. The number of urea groups is 1. The number of amides is 8. The van der Waals surface area contributed by atoms with E-state index in [0.29, 0.717) is 26.8 Å². The number of thioether (sulfide) groups is 2. The maximum Gasteiger partial charge on any atom is 0.409 e. The lowest BCUT2D eigenvalue weighted by Crippen LogP contribution is -2.71. The average molecular weight is 1220 g/mol. The van der Waals surface area contributed by atoms with Crippen molar-refractivity contribution in [2.45, 2.75) is 80.7 Å². The highest BCUT2D eigenvalue weighted by Gasteiger charge is 2.55. The molecule has 4 heterocycles. The smallest absolute Gasteiger partial charge is 0.409 e. The molecule has 0 spiro atoms. The van der Waals surface area contributed by atoms with Crippen molar-refractivity contribution in [3.63, 3.8) is 0 Å². The van der Waals surface area contributed by atoms with E-state index in [1.807, 2.05) is 121 Å². The van der Waals surface area contributed by atoms with E-state index in [2.05, 4.69) is 36.8 Å². The predicted octanol–water partition coefficient (Wildman–Crippen LogP) is 6.40. The summed E-state index contributed by atoms with van der Waals surface area (Å²) in [6, 6.07) is 38.2. The quantitative estimate of drug-likeness (QED) is 0.0151. The number of hydrogen-bond acceptors (Lipinski definition) is 18. The number of nitrogens with zero attached hydrogens (tertiary/aromatic N) is 7. The first kappa shape index (κ1) is 62.0. The number of nitrogens with one attached hydrogen (secondary N) is 4. The number of tetrazole rings is 1. The van der Waals surface area contributed by atoms with Crippen molar-refractivity contribution in [2.24, 2.45) is 7.05 Å². The van der Waals surface area contributed by atoms with Crippen LogP contribution in [0.3, 0.4) is 0 Å². The highest BCUT2D eigenvalue weighted by atomic mass is 32.2. The molecule has 2 saturated heterocycles. The number of carbonyl (C=O) groups excluding carboxylic acids is 9. The maximum absolute atomic E-state index is 14.8. The summed E-state index contributed by atoms with van der Waals surface area (Å²) in [6.45, 7) is 6.25. The Labute approximate surface area is 509 Å². The molecule has 24 nitrogen and oxygen atoms in total.